The molecule has 0 radical (unpaired) electrons. The first-order valence-electron chi connectivity index (χ1n) is 8.54. The van der Waals surface area contributed by atoms with Crippen molar-refractivity contribution in [3.63, 3.8) is 0 Å². The SMILES string of the molecule is CCOc1ccccc1CSc1nc2ccccc2c(=O)n1CC(=O)OC. The van der Waals surface area contributed by atoms with E-state index in [9.17, 15) is 9.59 Å². The zero-order chi connectivity index (χ0) is 19.2. The van der Waals surface area contributed by atoms with Gasteiger partial charge in [-0.3, -0.25) is 14.2 Å². The van der Waals surface area contributed by atoms with Crippen molar-refractivity contribution in [1.82, 2.24) is 9.55 Å². The number of thioether (sulfide) groups is 1. The number of methoxy groups -OCH3 is 1. The second-order valence-electron chi connectivity index (χ2n) is 5.71. The van der Waals surface area contributed by atoms with Gasteiger partial charge in [-0.1, -0.05) is 42.1 Å². The van der Waals surface area contributed by atoms with Gasteiger partial charge >= 0.3 is 5.97 Å². The molecule has 0 saturated heterocycles. The Bertz CT molecular complexity index is 1020. The van der Waals surface area contributed by atoms with Crippen LogP contribution in [0, 0.1) is 0 Å². The maximum atomic E-state index is 12.9. The molecule has 0 saturated carbocycles. The molecule has 0 fully saturated rings. The van der Waals surface area contributed by atoms with Gasteiger partial charge in [-0.25, -0.2) is 4.98 Å². The van der Waals surface area contributed by atoms with E-state index in [1.807, 2.05) is 37.3 Å². The van der Waals surface area contributed by atoms with Gasteiger partial charge < -0.3 is 9.47 Å². The van der Waals surface area contributed by atoms with Crippen molar-refractivity contribution in [2.45, 2.75) is 24.4 Å². The summed E-state index contributed by atoms with van der Waals surface area (Å²) in [5, 5.41) is 0.941. The summed E-state index contributed by atoms with van der Waals surface area (Å²) < 4.78 is 11.8. The Balaban J connectivity index is 1.98. The molecule has 2 aromatic carbocycles. The Morgan fingerprint density at radius 2 is 1.89 bits per heavy atom. The van der Waals surface area contributed by atoms with Gasteiger partial charge in [0.25, 0.3) is 5.56 Å². The van der Waals surface area contributed by atoms with Crippen LogP contribution in [0.3, 0.4) is 0 Å². The highest BCUT2D eigenvalue weighted by atomic mass is 32.2. The molecule has 0 N–H and O–H groups in total. The van der Waals surface area contributed by atoms with Gasteiger partial charge in [-0.2, -0.15) is 0 Å². The van der Waals surface area contributed by atoms with E-state index in [1.165, 1.54) is 23.4 Å². The molecule has 3 aromatic rings. The third kappa shape index (κ3) is 4.31. The monoisotopic (exact) mass is 384 g/mol. The van der Waals surface area contributed by atoms with Crippen LogP contribution >= 0.6 is 11.8 Å². The lowest BCUT2D eigenvalue weighted by Gasteiger charge is -2.13. The molecule has 0 aliphatic rings. The molecule has 1 heterocycles. The van der Waals surface area contributed by atoms with E-state index in [-0.39, 0.29) is 12.1 Å². The Morgan fingerprint density at radius 1 is 1.15 bits per heavy atom. The van der Waals surface area contributed by atoms with Gasteiger partial charge in [0.2, 0.25) is 0 Å². The molecule has 27 heavy (non-hydrogen) atoms. The number of esters is 1. The van der Waals surface area contributed by atoms with E-state index in [4.69, 9.17) is 9.47 Å². The van der Waals surface area contributed by atoms with Crippen molar-refractivity contribution >= 4 is 28.6 Å². The first-order valence-corrected chi connectivity index (χ1v) is 9.52. The number of carbonyl (C=O) groups is 1. The normalized spacial score (nSPS) is 10.7. The van der Waals surface area contributed by atoms with Crippen molar-refractivity contribution in [3.8, 4) is 5.75 Å². The average molecular weight is 384 g/mol. The van der Waals surface area contributed by atoms with Crippen LogP contribution in [0.2, 0.25) is 0 Å². The summed E-state index contributed by atoms with van der Waals surface area (Å²) in [6, 6.07) is 14.8. The summed E-state index contributed by atoms with van der Waals surface area (Å²) >= 11 is 1.39. The van der Waals surface area contributed by atoms with Gasteiger partial charge in [0.15, 0.2) is 5.16 Å². The fraction of sp³-hybridized carbons (Fsp3) is 0.250. The summed E-state index contributed by atoms with van der Waals surface area (Å²) in [7, 11) is 1.30. The fourth-order valence-corrected chi connectivity index (χ4v) is 3.64. The van der Waals surface area contributed by atoms with E-state index in [0.717, 1.165) is 11.3 Å². The van der Waals surface area contributed by atoms with Crippen LogP contribution in [0.5, 0.6) is 5.75 Å². The zero-order valence-corrected chi connectivity index (χ0v) is 16.0. The lowest BCUT2D eigenvalue weighted by atomic mass is 10.2. The predicted molar refractivity (Wildman–Crippen MR) is 105 cm³/mol. The van der Waals surface area contributed by atoms with Crippen molar-refractivity contribution in [2.24, 2.45) is 0 Å². The van der Waals surface area contributed by atoms with Gasteiger partial charge in [-0.15, -0.1) is 0 Å². The molecule has 1 aromatic heterocycles. The topological polar surface area (TPSA) is 70.4 Å². The summed E-state index contributed by atoms with van der Waals surface area (Å²) in [4.78, 5) is 29.2. The number of para-hydroxylation sites is 2. The van der Waals surface area contributed by atoms with Crippen LogP contribution in [0.25, 0.3) is 10.9 Å². The second-order valence-corrected chi connectivity index (χ2v) is 6.65. The maximum absolute atomic E-state index is 12.9. The number of nitrogens with zero attached hydrogens (tertiary/aromatic N) is 2. The smallest absolute Gasteiger partial charge is 0.325 e. The number of carbonyl (C=O) groups excluding carboxylic acids is 1. The van der Waals surface area contributed by atoms with Gasteiger partial charge in [0, 0.05) is 11.3 Å². The van der Waals surface area contributed by atoms with E-state index in [0.29, 0.717) is 28.4 Å². The Hall–Kier alpha value is -2.80. The Kier molecular flexibility index (Phi) is 6.13. The molecule has 0 atom stereocenters. The standard InChI is InChI=1S/C20H20N2O4S/c1-3-26-17-11-7-4-8-14(17)13-27-20-21-16-10-6-5-9-15(16)19(24)22(20)12-18(23)25-2/h4-11H,3,12-13H2,1-2H3. The predicted octanol–water partition coefficient (Wildman–Crippen LogP) is 3.26. The number of fused-ring (bicyclic) bond motifs is 1. The van der Waals surface area contributed by atoms with E-state index in [2.05, 4.69) is 4.98 Å². The second kappa shape index (κ2) is 8.73. The Morgan fingerprint density at radius 3 is 2.67 bits per heavy atom. The minimum absolute atomic E-state index is 0.178. The lowest BCUT2D eigenvalue weighted by molar-refractivity contribution is -0.141. The highest BCUT2D eigenvalue weighted by molar-refractivity contribution is 7.98. The molecule has 7 heteroatoms. The van der Waals surface area contributed by atoms with Crippen LogP contribution in [0.4, 0.5) is 0 Å². The van der Waals surface area contributed by atoms with Gasteiger partial charge in [-0.05, 0) is 25.1 Å². The summed E-state index contributed by atoms with van der Waals surface area (Å²) in [5.41, 5.74) is 1.34. The summed E-state index contributed by atoms with van der Waals surface area (Å²) in [6.45, 7) is 2.33. The third-order valence-electron chi connectivity index (χ3n) is 3.97. The number of hydrogen-bond donors (Lipinski definition) is 0. The quantitative estimate of drug-likeness (QED) is 0.354. The van der Waals surface area contributed by atoms with Crippen LogP contribution in [-0.4, -0.2) is 29.2 Å². The molecule has 0 amide bonds. The maximum Gasteiger partial charge on any atom is 0.325 e. The molecule has 0 aliphatic heterocycles. The minimum Gasteiger partial charge on any atom is -0.494 e. The largest absolute Gasteiger partial charge is 0.494 e. The van der Waals surface area contributed by atoms with Crippen molar-refractivity contribution in [1.29, 1.82) is 0 Å². The first-order chi connectivity index (χ1) is 13.1. The van der Waals surface area contributed by atoms with E-state index < -0.39 is 5.97 Å². The third-order valence-corrected chi connectivity index (χ3v) is 5.00. The number of aromatic nitrogens is 2. The highest BCUT2D eigenvalue weighted by Crippen LogP contribution is 2.27. The van der Waals surface area contributed by atoms with Crippen LogP contribution < -0.4 is 10.3 Å². The highest BCUT2D eigenvalue weighted by Gasteiger charge is 2.15. The molecule has 6 nitrogen and oxygen atoms in total. The van der Waals surface area contributed by atoms with E-state index >= 15 is 0 Å². The van der Waals surface area contributed by atoms with Crippen molar-refractivity contribution < 1.29 is 14.3 Å². The average Bonchev–Trinajstić information content (AvgIpc) is 2.70. The molecule has 0 spiro atoms. The zero-order valence-electron chi connectivity index (χ0n) is 15.2. The minimum atomic E-state index is -0.495. The summed E-state index contributed by atoms with van der Waals surface area (Å²) in [5.74, 6) is 0.864. The van der Waals surface area contributed by atoms with E-state index in [1.54, 1.807) is 18.2 Å². The molecule has 0 unspecified atom stereocenters. The molecule has 3 rings (SSSR count). The molecular formula is C20H20N2O4S. The molecule has 0 bridgehead atoms. The number of benzene rings is 2. The first kappa shape index (κ1) is 19.0. The number of rotatable bonds is 7. The van der Waals surface area contributed by atoms with Gasteiger partial charge in [0.05, 0.1) is 24.6 Å². The number of hydrogen-bond acceptors (Lipinski definition) is 6. The van der Waals surface area contributed by atoms with Crippen LogP contribution in [0.15, 0.2) is 58.5 Å². The molecule has 140 valence electrons. The molecular weight excluding hydrogens is 364 g/mol. The molecule has 0 aliphatic carbocycles. The Labute approximate surface area is 161 Å². The fourth-order valence-electron chi connectivity index (χ4n) is 2.65. The van der Waals surface area contributed by atoms with Crippen LogP contribution in [0.1, 0.15) is 12.5 Å². The summed E-state index contributed by atoms with van der Waals surface area (Å²) in [6.07, 6.45) is 0. The van der Waals surface area contributed by atoms with Gasteiger partial charge in [0.1, 0.15) is 12.3 Å². The number of ether oxygens (including phenoxy) is 2. The lowest BCUT2D eigenvalue weighted by Crippen LogP contribution is -2.27. The van der Waals surface area contributed by atoms with Crippen LogP contribution in [-0.2, 0) is 21.8 Å². The van der Waals surface area contributed by atoms with Crippen molar-refractivity contribution in [3.05, 3.63) is 64.4 Å². The van der Waals surface area contributed by atoms with Crippen molar-refractivity contribution in [2.75, 3.05) is 13.7 Å².